The molecule has 12 heteroatoms. The zero-order valence-corrected chi connectivity index (χ0v) is 23.9. The molecule has 1 fully saturated rings. The molecule has 0 saturated heterocycles. The fourth-order valence-electron chi connectivity index (χ4n) is 4.50. The first-order chi connectivity index (χ1) is 18.1. The number of benzene rings is 1. The highest BCUT2D eigenvalue weighted by Gasteiger charge is 2.46. The summed E-state index contributed by atoms with van der Waals surface area (Å²) in [6.07, 6.45) is 3.78. The van der Waals surface area contributed by atoms with Crippen molar-refractivity contribution in [3.63, 3.8) is 0 Å². The maximum atomic E-state index is 13.7. The number of carbonyl (C=O) groups excluding carboxylic acids is 3. The van der Waals surface area contributed by atoms with Crippen LogP contribution in [0.5, 0.6) is 5.75 Å². The van der Waals surface area contributed by atoms with Gasteiger partial charge in [-0.1, -0.05) is 43.6 Å². The monoisotopic (exact) mass is 565 g/mol. The van der Waals surface area contributed by atoms with Gasteiger partial charge < -0.3 is 19.0 Å². The highest BCUT2D eigenvalue weighted by Crippen LogP contribution is 2.35. The maximum Gasteiger partial charge on any atom is 0.414 e. The predicted molar refractivity (Wildman–Crippen MR) is 145 cm³/mol. The van der Waals surface area contributed by atoms with Crippen LogP contribution in [0.25, 0.3) is 0 Å². The van der Waals surface area contributed by atoms with E-state index < -0.39 is 23.6 Å². The Morgan fingerprint density at radius 1 is 1.18 bits per heavy atom. The Morgan fingerprint density at radius 2 is 1.87 bits per heavy atom. The molecule has 0 bridgehead atoms. The van der Waals surface area contributed by atoms with Crippen LogP contribution in [0.2, 0.25) is 5.02 Å². The minimum absolute atomic E-state index is 0.0740. The number of rotatable bonds is 13. The standard InChI is InChI=1S/C26H36ClN5O5S/c1-18(2)16-21(22(34)23-29-30-25(37-23)38-15-14-31(3)4)32(17-33)26(12-6-5-7-13-26)28-24(35)36-20-10-8-19(27)9-11-20/h8-11,17-18,21H,5-7,12-16H2,1-4H3,(H,28,35). The zero-order chi connectivity index (χ0) is 27.7. The van der Waals surface area contributed by atoms with Crippen molar-refractivity contribution in [2.24, 2.45) is 5.92 Å². The summed E-state index contributed by atoms with van der Waals surface area (Å²) in [5.74, 6) is 0.516. The fourth-order valence-corrected chi connectivity index (χ4v) is 5.49. The van der Waals surface area contributed by atoms with Crippen LogP contribution in [0, 0.1) is 5.92 Å². The van der Waals surface area contributed by atoms with Gasteiger partial charge in [-0.3, -0.25) is 14.9 Å². The van der Waals surface area contributed by atoms with E-state index in [1.807, 2.05) is 32.8 Å². The Labute approximate surface area is 232 Å². The largest absolute Gasteiger partial charge is 0.414 e. The second-order valence-corrected chi connectivity index (χ2v) is 11.6. The van der Waals surface area contributed by atoms with Crippen molar-refractivity contribution in [1.29, 1.82) is 0 Å². The van der Waals surface area contributed by atoms with Gasteiger partial charge in [0, 0.05) is 17.3 Å². The number of halogens is 1. The van der Waals surface area contributed by atoms with Gasteiger partial charge in [-0.15, -0.1) is 10.2 Å². The summed E-state index contributed by atoms with van der Waals surface area (Å²) in [7, 11) is 3.93. The number of ether oxygens (including phenoxy) is 1. The molecule has 0 aliphatic heterocycles. The molecule has 208 valence electrons. The second-order valence-electron chi connectivity index (χ2n) is 10.1. The quantitative estimate of drug-likeness (QED) is 0.157. The number of carbonyl (C=O) groups is 3. The van der Waals surface area contributed by atoms with E-state index in [9.17, 15) is 14.4 Å². The van der Waals surface area contributed by atoms with Crippen LogP contribution < -0.4 is 10.1 Å². The molecule has 1 N–H and O–H groups in total. The molecule has 1 heterocycles. The summed E-state index contributed by atoms with van der Waals surface area (Å²) in [5, 5.41) is 11.7. The highest BCUT2D eigenvalue weighted by molar-refractivity contribution is 7.99. The molecular formula is C26H36ClN5O5S. The molecule has 2 aromatic rings. The Hall–Kier alpha value is -2.63. The summed E-state index contributed by atoms with van der Waals surface area (Å²) >= 11 is 7.29. The molecule has 0 radical (unpaired) electrons. The summed E-state index contributed by atoms with van der Waals surface area (Å²) in [4.78, 5) is 42.8. The van der Waals surface area contributed by atoms with Crippen molar-refractivity contribution < 1.29 is 23.5 Å². The van der Waals surface area contributed by atoms with E-state index in [-0.39, 0.29) is 11.8 Å². The molecule has 1 aromatic heterocycles. The topological polar surface area (TPSA) is 118 Å². The van der Waals surface area contributed by atoms with Crippen LogP contribution in [0.4, 0.5) is 4.79 Å². The summed E-state index contributed by atoms with van der Waals surface area (Å²) in [6.45, 7) is 4.75. The molecule has 1 atom stereocenters. The molecule has 3 rings (SSSR count). The van der Waals surface area contributed by atoms with Gasteiger partial charge in [0.15, 0.2) is 0 Å². The molecule has 1 aliphatic rings. The summed E-state index contributed by atoms with van der Waals surface area (Å²) < 4.78 is 11.2. The number of nitrogens with zero attached hydrogens (tertiary/aromatic N) is 4. The van der Waals surface area contributed by atoms with Crippen LogP contribution in [-0.4, -0.2) is 76.4 Å². The molecule has 1 saturated carbocycles. The average Bonchev–Trinajstić information content (AvgIpc) is 3.34. The normalized spacial score (nSPS) is 15.8. The van der Waals surface area contributed by atoms with Gasteiger partial charge in [-0.25, -0.2) is 4.79 Å². The lowest BCUT2D eigenvalue weighted by molar-refractivity contribution is -0.129. The first kappa shape index (κ1) is 29.9. The first-order valence-electron chi connectivity index (χ1n) is 12.8. The van der Waals surface area contributed by atoms with Gasteiger partial charge in [-0.2, -0.15) is 0 Å². The van der Waals surface area contributed by atoms with E-state index in [1.165, 1.54) is 16.7 Å². The Morgan fingerprint density at radius 3 is 2.47 bits per heavy atom. The van der Waals surface area contributed by atoms with Gasteiger partial charge in [0.1, 0.15) is 17.5 Å². The predicted octanol–water partition coefficient (Wildman–Crippen LogP) is 4.88. The molecule has 1 aliphatic carbocycles. The van der Waals surface area contributed by atoms with E-state index in [2.05, 4.69) is 15.5 Å². The van der Waals surface area contributed by atoms with E-state index in [1.54, 1.807) is 24.3 Å². The number of aromatic nitrogens is 2. The average molecular weight is 566 g/mol. The third-order valence-corrected chi connectivity index (χ3v) is 7.41. The number of amides is 2. The van der Waals surface area contributed by atoms with E-state index in [4.69, 9.17) is 20.8 Å². The maximum absolute atomic E-state index is 13.7. The molecule has 10 nitrogen and oxygen atoms in total. The van der Waals surface area contributed by atoms with Crippen LogP contribution in [-0.2, 0) is 4.79 Å². The van der Waals surface area contributed by atoms with Gasteiger partial charge in [-0.05, 0) is 76.4 Å². The van der Waals surface area contributed by atoms with Crippen molar-refractivity contribution in [3.05, 3.63) is 35.2 Å². The van der Waals surface area contributed by atoms with Crippen molar-refractivity contribution in [1.82, 2.24) is 25.3 Å². The third-order valence-electron chi connectivity index (χ3n) is 6.36. The number of Topliss-reactive ketones (excluding diaryl/α,β-unsaturated/α-hetero) is 1. The van der Waals surface area contributed by atoms with Crippen LogP contribution in [0.1, 0.15) is 63.1 Å². The van der Waals surface area contributed by atoms with Gasteiger partial charge in [0.2, 0.25) is 12.2 Å². The number of thioether (sulfide) groups is 1. The van der Waals surface area contributed by atoms with Crippen molar-refractivity contribution in [2.75, 3.05) is 26.4 Å². The minimum Gasteiger partial charge on any atom is -0.410 e. The second kappa shape index (κ2) is 14.0. The zero-order valence-electron chi connectivity index (χ0n) is 22.3. The molecule has 2 amide bonds. The van der Waals surface area contributed by atoms with E-state index >= 15 is 0 Å². The van der Waals surface area contributed by atoms with Crippen LogP contribution >= 0.6 is 23.4 Å². The highest BCUT2D eigenvalue weighted by atomic mass is 35.5. The fraction of sp³-hybridized carbons (Fsp3) is 0.577. The number of hydrogen-bond donors (Lipinski definition) is 1. The Bertz CT molecular complexity index is 1070. The van der Waals surface area contributed by atoms with Crippen LogP contribution in [0.3, 0.4) is 0 Å². The van der Waals surface area contributed by atoms with E-state index in [0.717, 1.165) is 31.6 Å². The lowest BCUT2D eigenvalue weighted by atomic mass is 9.85. The van der Waals surface area contributed by atoms with Crippen molar-refractivity contribution in [2.45, 2.75) is 69.3 Å². The number of nitrogens with one attached hydrogen (secondary N) is 1. The van der Waals surface area contributed by atoms with Crippen molar-refractivity contribution in [3.8, 4) is 5.75 Å². The summed E-state index contributed by atoms with van der Waals surface area (Å²) in [5.41, 5.74) is -1.10. The Kier molecular flexibility index (Phi) is 11.0. The lowest BCUT2D eigenvalue weighted by Gasteiger charge is -2.47. The molecular weight excluding hydrogens is 530 g/mol. The molecule has 1 aromatic carbocycles. The summed E-state index contributed by atoms with van der Waals surface area (Å²) in [6, 6.07) is 5.50. The Balaban J connectivity index is 1.84. The van der Waals surface area contributed by atoms with E-state index in [0.29, 0.717) is 41.7 Å². The number of ketones is 1. The molecule has 1 unspecified atom stereocenters. The van der Waals surface area contributed by atoms with Gasteiger partial charge >= 0.3 is 6.09 Å². The third kappa shape index (κ3) is 8.18. The molecule has 0 spiro atoms. The van der Waals surface area contributed by atoms with Crippen LogP contribution in [0.15, 0.2) is 33.9 Å². The number of hydrogen-bond acceptors (Lipinski definition) is 9. The van der Waals surface area contributed by atoms with Crippen molar-refractivity contribution >= 4 is 41.6 Å². The minimum atomic E-state index is -1.10. The van der Waals surface area contributed by atoms with Gasteiger partial charge in [0.05, 0.1) is 0 Å². The lowest BCUT2D eigenvalue weighted by Crippen LogP contribution is -2.65. The first-order valence-corrected chi connectivity index (χ1v) is 14.1. The molecule has 38 heavy (non-hydrogen) atoms. The smallest absolute Gasteiger partial charge is 0.410 e. The van der Waals surface area contributed by atoms with Gasteiger partial charge in [0.25, 0.3) is 11.1 Å². The SMILES string of the molecule is CC(C)CC(C(=O)c1nnc(SCCN(C)C)o1)N(C=O)C1(NC(=O)Oc2ccc(Cl)cc2)CCCCC1.